The molecule has 0 saturated carbocycles. The fraction of sp³-hybridized carbons (Fsp3) is 0. The van der Waals surface area contributed by atoms with E-state index in [4.69, 9.17) is 0 Å². The van der Waals surface area contributed by atoms with Gasteiger partial charge in [0.2, 0.25) is 0 Å². The van der Waals surface area contributed by atoms with Crippen LogP contribution in [0.3, 0.4) is 0 Å². The molecule has 166 valence electrons. The zero-order valence-corrected chi connectivity index (χ0v) is 17.1. The maximum absolute atomic E-state index is 15.2. The van der Waals surface area contributed by atoms with Crippen LogP contribution in [0.25, 0.3) is 11.1 Å². The van der Waals surface area contributed by atoms with Crippen LogP contribution in [0.15, 0.2) is 72.9 Å². The Balaban J connectivity index is 1.63. The SMILES string of the molecule is O=C1C=CC(=O)N1c1ccc(-c2ccc(N3C(=O)C=CC3=O)cc2N2C(=O)C=CC2=O)c(F)c1. The van der Waals surface area contributed by atoms with Gasteiger partial charge in [0.25, 0.3) is 35.4 Å². The first-order valence-electron chi connectivity index (χ1n) is 9.88. The molecule has 0 N–H and O–H groups in total. The number of carbonyl (C=O) groups excluding carboxylic acids is 6. The van der Waals surface area contributed by atoms with Crippen molar-refractivity contribution in [2.24, 2.45) is 0 Å². The summed E-state index contributed by atoms with van der Waals surface area (Å²) in [7, 11) is 0. The molecule has 0 bridgehead atoms. The van der Waals surface area contributed by atoms with Gasteiger partial charge in [0, 0.05) is 47.6 Å². The summed E-state index contributed by atoms with van der Waals surface area (Å²) in [6, 6.07) is 7.65. The maximum Gasteiger partial charge on any atom is 0.258 e. The predicted octanol–water partition coefficient (Wildman–Crippen LogP) is 1.78. The molecule has 0 aliphatic carbocycles. The summed E-state index contributed by atoms with van der Waals surface area (Å²) in [6.07, 6.45) is 6.39. The van der Waals surface area contributed by atoms with Crippen molar-refractivity contribution in [2.75, 3.05) is 14.7 Å². The van der Waals surface area contributed by atoms with Crippen molar-refractivity contribution in [3.8, 4) is 11.1 Å². The molecule has 0 radical (unpaired) electrons. The molecule has 2 aromatic carbocycles. The summed E-state index contributed by atoms with van der Waals surface area (Å²) in [6.45, 7) is 0. The molecule has 34 heavy (non-hydrogen) atoms. The summed E-state index contributed by atoms with van der Waals surface area (Å²) in [5, 5.41) is 0. The van der Waals surface area contributed by atoms with Gasteiger partial charge in [-0.15, -0.1) is 0 Å². The molecule has 10 heteroatoms. The molecule has 0 aromatic heterocycles. The van der Waals surface area contributed by atoms with E-state index in [1.807, 2.05) is 0 Å². The summed E-state index contributed by atoms with van der Waals surface area (Å²) in [5.41, 5.74) is 0.118. The summed E-state index contributed by atoms with van der Waals surface area (Å²) >= 11 is 0. The third-order valence-corrected chi connectivity index (χ3v) is 5.41. The molecular weight excluding hydrogens is 445 g/mol. The minimum absolute atomic E-state index is 0.00810. The normalized spacial score (nSPS) is 17.4. The molecular formula is C24H12FN3O6. The number of anilines is 3. The molecule has 5 rings (SSSR count). The smallest absolute Gasteiger partial charge is 0.258 e. The quantitative estimate of drug-likeness (QED) is 0.647. The van der Waals surface area contributed by atoms with Crippen LogP contribution < -0.4 is 14.7 Å². The Bertz CT molecular complexity index is 1400. The van der Waals surface area contributed by atoms with Crippen molar-refractivity contribution in [1.82, 2.24) is 0 Å². The lowest BCUT2D eigenvalue weighted by atomic mass is 10.0. The molecule has 6 amide bonds. The summed E-state index contributed by atoms with van der Waals surface area (Å²) < 4.78 is 15.2. The highest BCUT2D eigenvalue weighted by molar-refractivity contribution is 6.31. The largest absolute Gasteiger partial charge is 0.269 e. The van der Waals surface area contributed by atoms with Gasteiger partial charge in [0.15, 0.2) is 0 Å². The van der Waals surface area contributed by atoms with Crippen LogP contribution in [-0.4, -0.2) is 35.4 Å². The second kappa shape index (κ2) is 7.55. The van der Waals surface area contributed by atoms with Gasteiger partial charge in [-0.05, 0) is 30.3 Å². The first-order chi connectivity index (χ1) is 16.3. The van der Waals surface area contributed by atoms with Gasteiger partial charge in [-0.2, -0.15) is 0 Å². The topological polar surface area (TPSA) is 112 Å². The second-order valence-corrected chi connectivity index (χ2v) is 7.40. The highest BCUT2D eigenvalue weighted by Crippen LogP contribution is 2.39. The van der Waals surface area contributed by atoms with Crippen molar-refractivity contribution < 1.29 is 33.2 Å². The number of hydrogen-bond acceptors (Lipinski definition) is 6. The minimum Gasteiger partial charge on any atom is -0.269 e. The van der Waals surface area contributed by atoms with Crippen LogP contribution in [-0.2, 0) is 28.8 Å². The van der Waals surface area contributed by atoms with Crippen LogP contribution in [0.4, 0.5) is 21.5 Å². The molecule has 0 spiro atoms. The van der Waals surface area contributed by atoms with E-state index < -0.39 is 41.3 Å². The van der Waals surface area contributed by atoms with Gasteiger partial charge >= 0.3 is 0 Å². The van der Waals surface area contributed by atoms with Crippen LogP contribution in [0.2, 0.25) is 0 Å². The average molecular weight is 457 g/mol. The van der Waals surface area contributed by atoms with Crippen molar-refractivity contribution >= 4 is 52.5 Å². The van der Waals surface area contributed by atoms with E-state index in [-0.39, 0.29) is 28.2 Å². The van der Waals surface area contributed by atoms with Crippen molar-refractivity contribution in [3.05, 3.63) is 78.7 Å². The number of halogens is 1. The van der Waals surface area contributed by atoms with E-state index >= 15 is 4.39 Å². The fourth-order valence-corrected chi connectivity index (χ4v) is 3.88. The Kier molecular flexibility index (Phi) is 4.64. The molecule has 0 unspecified atom stereocenters. The number of rotatable bonds is 4. The standard InChI is InChI=1S/C24H12FN3O6/c25-17-11-13(26-19(29)5-6-20(26)30)1-3-15(17)16-4-2-14(27-21(31)7-8-22(27)32)12-18(16)28-23(33)9-10-24(28)34/h1-12H. The van der Waals surface area contributed by atoms with Gasteiger partial charge in [-0.1, -0.05) is 6.07 Å². The predicted molar refractivity (Wildman–Crippen MR) is 117 cm³/mol. The molecule has 3 heterocycles. The molecule has 0 saturated heterocycles. The van der Waals surface area contributed by atoms with Gasteiger partial charge in [-0.3, -0.25) is 28.8 Å². The number of imide groups is 3. The van der Waals surface area contributed by atoms with Gasteiger partial charge in [0.1, 0.15) is 5.82 Å². The van der Waals surface area contributed by atoms with Gasteiger partial charge in [-0.25, -0.2) is 19.1 Å². The van der Waals surface area contributed by atoms with E-state index in [9.17, 15) is 28.8 Å². The number of nitrogens with zero attached hydrogens (tertiary/aromatic N) is 3. The summed E-state index contributed by atoms with van der Waals surface area (Å²) in [4.78, 5) is 75.3. The molecule has 0 atom stereocenters. The lowest BCUT2D eigenvalue weighted by molar-refractivity contribution is -0.121. The third-order valence-electron chi connectivity index (χ3n) is 5.41. The van der Waals surface area contributed by atoms with Crippen LogP contribution in [0, 0.1) is 5.82 Å². The Morgan fingerprint density at radius 2 is 0.853 bits per heavy atom. The molecule has 0 fully saturated rings. The maximum atomic E-state index is 15.2. The summed E-state index contributed by atoms with van der Waals surface area (Å²) in [5.74, 6) is -4.64. The molecule has 2 aromatic rings. The van der Waals surface area contributed by atoms with Crippen molar-refractivity contribution in [3.63, 3.8) is 0 Å². The first kappa shape index (κ1) is 20.9. The molecule has 9 nitrogen and oxygen atoms in total. The van der Waals surface area contributed by atoms with Gasteiger partial charge in [0.05, 0.1) is 17.1 Å². The van der Waals surface area contributed by atoms with Crippen LogP contribution in [0.5, 0.6) is 0 Å². The van der Waals surface area contributed by atoms with E-state index in [1.54, 1.807) is 0 Å². The number of benzene rings is 2. The zero-order valence-electron chi connectivity index (χ0n) is 17.1. The molecule has 3 aliphatic heterocycles. The van der Waals surface area contributed by atoms with Crippen molar-refractivity contribution in [2.45, 2.75) is 0 Å². The number of amides is 6. The van der Waals surface area contributed by atoms with E-state index in [2.05, 4.69) is 0 Å². The fourth-order valence-electron chi connectivity index (χ4n) is 3.88. The van der Waals surface area contributed by atoms with Crippen LogP contribution >= 0.6 is 0 Å². The zero-order chi connectivity index (χ0) is 24.1. The van der Waals surface area contributed by atoms with E-state index in [0.29, 0.717) is 0 Å². The van der Waals surface area contributed by atoms with E-state index in [1.165, 1.54) is 30.3 Å². The third kappa shape index (κ3) is 3.16. The Labute approximate surface area is 190 Å². The highest BCUT2D eigenvalue weighted by atomic mass is 19.1. The van der Waals surface area contributed by atoms with Crippen LogP contribution in [0.1, 0.15) is 0 Å². The first-order valence-corrected chi connectivity index (χ1v) is 9.88. The highest BCUT2D eigenvalue weighted by Gasteiger charge is 2.32. The van der Waals surface area contributed by atoms with E-state index in [0.717, 1.165) is 57.2 Å². The lowest BCUT2D eigenvalue weighted by Gasteiger charge is -2.22. The Morgan fingerprint density at radius 1 is 0.471 bits per heavy atom. The van der Waals surface area contributed by atoms with Gasteiger partial charge < -0.3 is 0 Å². The lowest BCUT2D eigenvalue weighted by Crippen LogP contribution is -2.32. The average Bonchev–Trinajstić information content (AvgIpc) is 3.44. The van der Waals surface area contributed by atoms with Crippen molar-refractivity contribution in [1.29, 1.82) is 0 Å². The minimum atomic E-state index is -0.832. The number of carbonyl (C=O) groups is 6. The monoisotopic (exact) mass is 457 g/mol. The molecule has 3 aliphatic rings. The second-order valence-electron chi connectivity index (χ2n) is 7.40. The number of hydrogen-bond donors (Lipinski definition) is 0. The Morgan fingerprint density at radius 3 is 1.29 bits per heavy atom. The Hall–Kier alpha value is -4.99.